The lowest BCUT2D eigenvalue weighted by molar-refractivity contribution is -0.143. The highest BCUT2D eigenvalue weighted by Crippen LogP contribution is 2.20. The Balaban J connectivity index is 2.61. The quantitative estimate of drug-likeness (QED) is 0.725. The molecule has 1 N–H and O–H groups in total. The third kappa shape index (κ3) is 2.93. The van der Waals surface area contributed by atoms with Crippen LogP contribution in [0.5, 0.6) is 0 Å². The van der Waals surface area contributed by atoms with Crippen LogP contribution in [0.1, 0.15) is 20.3 Å². The van der Waals surface area contributed by atoms with Crippen molar-refractivity contribution in [2.75, 3.05) is 26.8 Å². The lowest BCUT2D eigenvalue weighted by Crippen LogP contribution is -2.40. The van der Waals surface area contributed by atoms with Gasteiger partial charge in [-0.15, -0.1) is 0 Å². The second-order valence-electron chi connectivity index (χ2n) is 3.98. The van der Waals surface area contributed by atoms with Crippen molar-refractivity contribution in [1.29, 1.82) is 0 Å². The monoisotopic (exact) mass is 231 g/mol. The molecule has 16 heavy (non-hydrogen) atoms. The van der Waals surface area contributed by atoms with E-state index in [9.17, 15) is 4.79 Å². The molecule has 1 heterocycles. The van der Waals surface area contributed by atoms with Gasteiger partial charge < -0.3 is 14.6 Å². The molecule has 0 radical (unpaired) electrons. The molecule has 1 saturated heterocycles. The highest BCUT2D eigenvalue weighted by Gasteiger charge is 2.38. The van der Waals surface area contributed by atoms with Crippen LogP contribution in [0.15, 0.2) is 0 Å². The number of aliphatic carboxylic acids is 1. The molecule has 1 rings (SSSR count). The topological polar surface area (TPSA) is 59.0 Å². The average Bonchev–Trinajstić information content (AvgIpc) is 2.62. The van der Waals surface area contributed by atoms with Gasteiger partial charge in [0.1, 0.15) is 6.04 Å². The molecule has 0 saturated carbocycles. The van der Waals surface area contributed by atoms with Crippen molar-refractivity contribution < 1.29 is 19.4 Å². The Morgan fingerprint density at radius 1 is 1.44 bits per heavy atom. The normalized spacial score (nSPS) is 28.2. The largest absolute Gasteiger partial charge is 0.480 e. The van der Waals surface area contributed by atoms with Crippen LogP contribution in [-0.4, -0.2) is 61.0 Å². The molecular weight excluding hydrogens is 210 g/mol. The molecule has 0 aromatic rings. The van der Waals surface area contributed by atoms with Crippen LogP contribution in [0.4, 0.5) is 0 Å². The van der Waals surface area contributed by atoms with E-state index in [0.717, 1.165) is 0 Å². The Morgan fingerprint density at radius 3 is 2.50 bits per heavy atom. The first kappa shape index (κ1) is 13.4. The number of carboxylic acids is 1. The summed E-state index contributed by atoms with van der Waals surface area (Å²) >= 11 is 0. The molecule has 0 spiro atoms. The molecule has 5 nitrogen and oxygen atoms in total. The number of rotatable bonds is 6. The second-order valence-corrected chi connectivity index (χ2v) is 3.98. The summed E-state index contributed by atoms with van der Waals surface area (Å²) in [5, 5.41) is 9.09. The molecule has 1 fully saturated rings. The van der Waals surface area contributed by atoms with Crippen molar-refractivity contribution >= 4 is 5.97 Å². The van der Waals surface area contributed by atoms with Gasteiger partial charge in [0.15, 0.2) is 0 Å². The minimum atomic E-state index is -0.769. The highest BCUT2D eigenvalue weighted by molar-refractivity contribution is 5.73. The van der Waals surface area contributed by atoms with E-state index in [-0.39, 0.29) is 12.2 Å². The van der Waals surface area contributed by atoms with Gasteiger partial charge >= 0.3 is 5.97 Å². The smallest absolute Gasteiger partial charge is 0.320 e. The van der Waals surface area contributed by atoms with Gasteiger partial charge in [-0.2, -0.15) is 0 Å². The van der Waals surface area contributed by atoms with Crippen LogP contribution >= 0.6 is 0 Å². The molecule has 0 bridgehead atoms. The number of hydrogen-bond acceptors (Lipinski definition) is 4. The summed E-state index contributed by atoms with van der Waals surface area (Å²) in [4.78, 5) is 13.0. The number of carboxylic acid groups (broad SMARTS) is 1. The Morgan fingerprint density at radius 2 is 2.06 bits per heavy atom. The van der Waals surface area contributed by atoms with Crippen LogP contribution in [0, 0.1) is 0 Å². The molecule has 0 aliphatic carbocycles. The summed E-state index contributed by atoms with van der Waals surface area (Å²) in [6, 6.07) is -0.428. The molecule has 94 valence electrons. The van der Waals surface area contributed by atoms with Gasteiger partial charge in [-0.3, -0.25) is 9.69 Å². The Kier molecular flexibility index (Phi) is 5.18. The number of carbonyl (C=O) groups is 1. The average molecular weight is 231 g/mol. The summed E-state index contributed by atoms with van der Waals surface area (Å²) in [6.45, 7) is 5.71. The van der Waals surface area contributed by atoms with Gasteiger partial charge in [0.05, 0.1) is 12.2 Å². The van der Waals surface area contributed by atoms with Gasteiger partial charge in [0, 0.05) is 26.8 Å². The van der Waals surface area contributed by atoms with Gasteiger partial charge in [-0.1, -0.05) is 6.92 Å². The molecule has 1 aliphatic rings. The Labute approximate surface area is 96.3 Å². The summed E-state index contributed by atoms with van der Waals surface area (Å²) in [5.41, 5.74) is 0. The molecule has 0 aromatic heterocycles. The van der Waals surface area contributed by atoms with Crippen LogP contribution in [0.3, 0.4) is 0 Å². The minimum Gasteiger partial charge on any atom is -0.480 e. The van der Waals surface area contributed by atoms with Gasteiger partial charge in [0.2, 0.25) is 0 Å². The summed E-state index contributed by atoms with van der Waals surface area (Å²) in [7, 11) is 1.64. The third-order valence-electron chi connectivity index (χ3n) is 3.04. The number of hydrogen-bond donors (Lipinski definition) is 1. The van der Waals surface area contributed by atoms with Crippen molar-refractivity contribution in [2.24, 2.45) is 0 Å². The van der Waals surface area contributed by atoms with E-state index in [1.807, 2.05) is 18.7 Å². The van der Waals surface area contributed by atoms with Crippen LogP contribution in [0.2, 0.25) is 0 Å². The predicted molar refractivity (Wildman–Crippen MR) is 59.5 cm³/mol. The first-order chi connectivity index (χ1) is 7.63. The van der Waals surface area contributed by atoms with Crippen molar-refractivity contribution in [3.8, 4) is 0 Å². The fourth-order valence-corrected chi connectivity index (χ4v) is 2.22. The van der Waals surface area contributed by atoms with E-state index >= 15 is 0 Å². The number of ether oxygens (including phenoxy) is 2. The number of methoxy groups -OCH3 is 1. The third-order valence-corrected chi connectivity index (χ3v) is 3.04. The zero-order valence-electron chi connectivity index (χ0n) is 10.2. The minimum absolute atomic E-state index is 0.0107. The van der Waals surface area contributed by atoms with E-state index in [0.29, 0.717) is 26.1 Å². The molecule has 5 heteroatoms. The van der Waals surface area contributed by atoms with Crippen LogP contribution in [-0.2, 0) is 14.3 Å². The fourth-order valence-electron chi connectivity index (χ4n) is 2.22. The standard InChI is InChI=1S/C11H21NO4/c1-4-8(11(13)14)12-6-9(15-3)10(7-12)16-5-2/h8-10H,4-7H2,1-3H3,(H,13,14)/t8-,9+,10+/m0/s1. The zero-order chi connectivity index (χ0) is 12.1. The summed E-state index contributed by atoms with van der Waals surface area (Å²) in [5.74, 6) is -0.769. The molecule has 0 amide bonds. The van der Waals surface area contributed by atoms with Gasteiger partial charge in [0.25, 0.3) is 0 Å². The maximum Gasteiger partial charge on any atom is 0.320 e. The van der Waals surface area contributed by atoms with Crippen molar-refractivity contribution in [2.45, 2.75) is 38.5 Å². The van der Waals surface area contributed by atoms with E-state index in [1.54, 1.807) is 7.11 Å². The second kappa shape index (κ2) is 6.18. The SMILES string of the molecule is CCO[C@@H]1CN([C@@H](CC)C(=O)O)C[C@H]1OC. The first-order valence-corrected chi connectivity index (χ1v) is 5.75. The summed E-state index contributed by atoms with van der Waals surface area (Å²) in [6.07, 6.45) is 0.571. The zero-order valence-corrected chi connectivity index (χ0v) is 10.2. The maximum absolute atomic E-state index is 11.1. The van der Waals surface area contributed by atoms with Gasteiger partial charge in [-0.05, 0) is 13.3 Å². The van der Waals surface area contributed by atoms with Crippen molar-refractivity contribution in [3.63, 3.8) is 0 Å². The molecule has 0 unspecified atom stereocenters. The lowest BCUT2D eigenvalue weighted by Gasteiger charge is -2.22. The molecule has 0 aromatic carbocycles. The lowest BCUT2D eigenvalue weighted by atomic mass is 10.2. The Hall–Kier alpha value is -0.650. The van der Waals surface area contributed by atoms with Crippen molar-refractivity contribution in [1.82, 2.24) is 4.90 Å². The summed E-state index contributed by atoms with van der Waals surface area (Å²) < 4.78 is 10.9. The fraction of sp³-hybridized carbons (Fsp3) is 0.909. The maximum atomic E-state index is 11.1. The highest BCUT2D eigenvalue weighted by atomic mass is 16.5. The van der Waals surface area contributed by atoms with Gasteiger partial charge in [-0.25, -0.2) is 0 Å². The number of nitrogens with zero attached hydrogens (tertiary/aromatic N) is 1. The van der Waals surface area contributed by atoms with Crippen molar-refractivity contribution in [3.05, 3.63) is 0 Å². The molecule has 3 atom stereocenters. The van der Waals surface area contributed by atoms with E-state index < -0.39 is 12.0 Å². The van der Waals surface area contributed by atoms with E-state index in [1.165, 1.54) is 0 Å². The number of likely N-dealkylation sites (tertiary alicyclic amines) is 1. The molecular formula is C11H21NO4. The van der Waals surface area contributed by atoms with Crippen LogP contribution < -0.4 is 0 Å². The van der Waals surface area contributed by atoms with E-state index in [2.05, 4.69) is 0 Å². The Bertz CT molecular complexity index is 234. The molecule has 1 aliphatic heterocycles. The predicted octanol–water partition coefficient (Wildman–Crippen LogP) is 0.585. The van der Waals surface area contributed by atoms with Crippen LogP contribution in [0.25, 0.3) is 0 Å². The first-order valence-electron chi connectivity index (χ1n) is 5.75. The van der Waals surface area contributed by atoms with E-state index in [4.69, 9.17) is 14.6 Å².